The highest BCUT2D eigenvalue weighted by Gasteiger charge is 2.36. The van der Waals surface area contributed by atoms with Crippen molar-refractivity contribution in [2.24, 2.45) is 0 Å². The Balaban J connectivity index is 1.49. The van der Waals surface area contributed by atoms with Gasteiger partial charge in [0.15, 0.2) is 5.78 Å². The molecule has 37 heavy (non-hydrogen) atoms. The number of aromatic nitrogens is 1. The molecule has 0 spiro atoms. The maximum atomic E-state index is 13.1. The van der Waals surface area contributed by atoms with Gasteiger partial charge in [0.05, 0.1) is 17.0 Å². The number of rotatable bonds is 7. The molecule has 2 amide bonds. The van der Waals surface area contributed by atoms with Crippen LogP contribution in [-0.4, -0.2) is 32.9 Å². The lowest BCUT2D eigenvalue weighted by molar-refractivity contribution is -0.122. The van der Waals surface area contributed by atoms with Gasteiger partial charge in [-0.15, -0.1) is 0 Å². The SMILES string of the molecule is CCc1cccc2c(/C=C3\SC(=O)N(CC(=O)c4ccccc4)C3=O)cn(Cc3ccc(Cl)cc3Cl)c12. The third kappa shape index (κ3) is 5.10. The molecule has 0 saturated carbocycles. The third-order valence-corrected chi connectivity index (χ3v) is 7.80. The number of carbonyl (C=O) groups is 3. The molecule has 0 bridgehead atoms. The first-order chi connectivity index (χ1) is 17.9. The number of halogens is 2. The second-order valence-electron chi connectivity index (χ2n) is 8.67. The molecule has 0 N–H and O–H groups in total. The largest absolute Gasteiger partial charge is 0.342 e. The van der Waals surface area contributed by atoms with E-state index in [1.54, 1.807) is 42.5 Å². The minimum Gasteiger partial charge on any atom is -0.342 e. The van der Waals surface area contributed by atoms with E-state index in [0.29, 0.717) is 22.2 Å². The van der Waals surface area contributed by atoms with Gasteiger partial charge in [0, 0.05) is 39.3 Å². The van der Waals surface area contributed by atoms with E-state index < -0.39 is 11.1 Å². The summed E-state index contributed by atoms with van der Waals surface area (Å²) in [5.41, 5.74) is 4.39. The summed E-state index contributed by atoms with van der Waals surface area (Å²) in [7, 11) is 0. The second kappa shape index (κ2) is 10.6. The Hall–Kier alpha value is -3.32. The van der Waals surface area contributed by atoms with Crippen molar-refractivity contribution in [3.05, 3.63) is 110 Å². The standard InChI is InChI=1S/C29H22Cl2N2O3S/c1-2-18-9-6-10-23-21(16-32(27(18)23)15-20-11-12-22(30)14-24(20)31)13-26-28(35)33(29(36)37-26)17-25(34)19-7-4-3-5-8-19/h3-14,16H,2,15,17H2,1H3/b26-13-. The lowest BCUT2D eigenvalue weighted by atomic mass is 10.1. The van der Waals surface area contributed by atoms with Crippen LogP contribution in [0.4, 0.5) is 4.79 Å². The van der Waals surface area contributed by atoms with Crippen molar-refractivity contribution in [1.82, 2.24) is 9.47 Å². The molecule has 1 aliphatic rings. The van der Waals surface area contributed by atoms with Crippen LogP contribution in [0.5, 0.6) is 0 Å². The Morgan fingerprint density at radius 2 is 1.76 bits per heavy atom. The quantitative estimate of drug-likeness (QED) is 0.177. The van der Waals surface area contributed by atoms with Gasteiger partial charge in [-0.3, -0.25) is 19.3 Å². The zero-order valence-electron chi connectivity index (χ0n) is 19.9. The minimum absolute atomic E-state index is 0.284. The van der Waals surface area contributed by atoms with Gasteiger partial charge in [0.25, 0.3) is 11.1 Å². The monoisotopic (exact) mass is 548 g/mol. The first-order valence-electron chi connectivity index (χ1n) is 11.7. The Morgan fingerprint density at radius 1 is 0.973 bits per heavy atom. The van der Waals surface area contributed by atoms with Crippen molar-refractivity contribution in [1.29, 1.82) is 0 Å². The molecule has 2 heterocycles. The molecule has 1 aromatic heterocycles. The molecule has 5 nitrogen and oxygen atoms in total. The Morgan fingerprint density at radius 3 is 2.49 bits per heavy atom. The zero-order chi connectivity index (χ0) is 26.1. The molecule has 186 valence electrons. The number of fused-ring (bicyclic) bond motifs is 1. The number of imide groups is 1. The molecule has 4 aromatic rings. The van der Waals surface area contributed by atoms with Crippen LogP contribution in [0.2, 0.25) is 10.0 Å². The van der Waals surface area contributed by atoms with E-state index in [-0.39, 0.29) is 17.2 Å². The molecule has 1 fully saturated rings. The number of benzene rings is 3. The average Bonchev–Trinajstić information content (AvgIpc) is 3.38. The summed E-state index contributed by atoms with van der Waals surface area (Å²) in [5.74, 6) is -0.749. The fourth-order valence-electron chi connectivity index (χ4n) is 4.46. The van der Waals surface area contributed by atoms with Crippen LogP contribution in [0.15, 0.2) is 77.8 Å². The fourth-order valence-corrected chi connectivity index (χ4v) is 5.76. The van der Waals surface area contributed by atoms with E-state index in [2.05, 4.69) is 17.6 Å². The summed E-state index contributed by atoms with van der Waals surface area (Å²) in [6.07, 6.45) is 4.53. The number of carbonyl (C=O) groups excluding carboxylic acids is 3. The second-order valence-corrected chi connectivity index (χ2v) is 10.5. The number of amides is 2. The highest BCUT2D eigenvalue weighted by Crippen LogP contribution is 2.35. The smallest absolute Gasteiger partial charge is 0.293 e. The molecule has 0 unspecified atom stereocenters. The van der Waals surface area contributed by atoms with Gasteiger partial charge in [-0.25, -0.2) is 0 Å². The summed E-state index contributed by atoms with van der Waals surface area (Å²) in [6.45, 7) is 2.32. The van der Waals surface area contributed by atoms with E-state index in [4.69, 9.17) is 23.2 Å². The number of Topliss-reactive ketones (excluding diaryl/α,β-unsaturated/α-hetero) is 1. The van der Waals surface area contributed by atoms with Gasteiger partial charge in [0.2, 0.25) is 0 Å². The number of hydrogen-bond acceptors (Lipinski definition) is 4. The molecule has 0 radical (unpaired) electrons. The Bertz CT molecular complexity index is 1580. The van der Waals surface area contributed by atoms with Crippen LogP contribution in [0.1, 0.15) is 34.0 Å². The van der Waals surface area contributed by atoms with Crippen molar-refractivity contribution in [2.45, 2.75) is 19.9 Å². The van der Waals surface area contributed by atoms with Gasteiger partial charge in [0.1, 0.15) is 0 Å². The summed E-state index contributed by atoms with van der Waals surface area (Å²) in [4.78, 5) is 39.7. The normalized spacial score (nSPS) is 14.8. The van der Waals surface area contributed by atoms with E-state index in [1.165, 1.54) is 0 Å². The maximum absolute atomic E-state index is 13.1. The highest BCUT2D eigenvalue weighted by atomic mass is 35.5. The van der Waals surface area contributed by atoms with Crippen molar-refractivity contribution < 1.29 is 14.4 Å². The number of thioether (sulfide) groups is 1. The number of nitrogens with zero attached hydrogens (tertiary/aromatic N) is 2. The van der Waals surface area contributed by atoms with E-state index >= 15 is 0 Å². The van der Waals surface area contributed by atoms with Gasteiger partial charge in [-0.1, -0.05) is 84.7 Å². The van der Waals surface area contributed by atoms with Crippen LogP contribution in [0.3, 0.4) is 0 Å². The Kier molecular flexibility index (Phi) is 7.24. The van der Waals surface area contributed by atoms with Crippen LogP contribution in [0.25, 0.3) is 17.0 Å². The number of ketones is 1. The first-order valence-corrected chi connectivity index (χ1v) is 13.3. The zero-order valence-corrected chi connectivity index (χ0v) is 22.2. The summed E-state index contributed by atoms with van der Waals surface area (Å²) >= 11 is 13.4. The molecule has 5 rings (SSSR count). The van der Waals surface area contributed by atoms with Crippen LogP contribution >= 0.6 is 35.0 Å². The lowest BCUT2D eigenvalue weighted by Crippen LogP contribution is -2.33. The van der Waals surface area contributed by atoms with Gasteiger partial charge < -0.3 is 4.57 Å². The van der Waals surface area contributed by atoms with E-state index in [0.717, 1.165) is 50.7 Å². The summed E-state index contributed by atoms with van der Waals surface area (Å²) < 4.78 is 2.11. The van der Waals surface area contributed by atoms with Crippen LogP contribution in [0, 0.1) is 0 Å². The first kappa shape index (κ1) is 25.3. The van der Waals surface area contributed by atoms with Crippen LogP contribution in [-0.2, 0) is 17.8 Å². The van der Waals surface area contributed by atoms with Crippen molar-refractivity contribution in [3.8, 4) is 0 Å². The molecule has 3 aromatic carbocycles. The molecule has 0 aliphatic carbocycles. The number of hydrogen-bond donors (Lipinski definition) is 0. The predicted molar refractivity (Wildman–Crippen MR) is 150 cm³/mol. The maximum Gasteiger partial charge on any atom is 0.293 e. The minimum atomic E-state index is -0.465. The fraction of sp³-hybridized carbons (Fsp3) is 0.138. The molecular formula is C29H22Cl2N2O3S. The van der Waals surface area contributed by atoms with Crippen molar-refractivity contribution >= 4 is 68.9 Å². The van der Waals surface area contributed by atoms with Gasteiger partial charge in [-0.05, 0) is 47.5 Å². The Labute approximate surface area is 228 Å². The lowest BCUT2D eigenvalue weighted by Gasteiger charge is -2.11. The van der Waals surface area contributed by atoms with Crippen molar-refractivity contribution in [3.63, 3.8) is 0 Å². The molecule has 1 aliphatic heterocycles. The molecular weight excluding hydrogens is 527 g/mol. The predicted octanol–water partition coefficient (Wildman–Crippen LogP) is 7.48. The van der Waals surface area contributed by atoms with E-state index in [1.807, 2.05) is 30.5 Å². The molecule has 1 saturated heterocycles. The average molecular weight is 549 g/mol. The number of aryl methyl sites for hydroxylation is 1. The summed E-state index contributed by atoms with van der Waals surface area (Å²) in [6, 6.07) is 20.1. The van der Waals surface area contributed by atoms with Crippen LogP contribution < -0.4 is 0 Å². The highest BCUT2D eigenvalue weighted by molar-refractivity contribution is 8.18. The third-order valence-electron chi connectivity index (χ3n) is 6.31. The topological polar surface area (TPSA) is 59.4 Å². The number of para-hydroxylation sites is 1. The van der Waals surface area contributed by atoms with Gasteiger partial charge in [-0.2, -0.15) is 0 Å². The molecule has 0 atom stereocenters. The molecule has 8 heteroatoms. The van der Waals surface area contributed by atoms with Crippen molar-refractivity contribution in [2.75, 3.05) is 6.54 Å². The van der Waals surface area contributed by atoms with E-state index in [9.17, 15) is 14.4 Å². The summed E-state index contributed by atoms with van der Waals surface area (Å²) in [5, 5.41) is 1.67. The van der Waals surface area contributed by atoms with Gasteiger partial charge >= 0.3 is 0 Å².